The first kappa shape index (κ1) is 14.9. The minimum Gasteiger partial charge on any atom is -0.494 e. The van der Waals surface area contributed by atoms with Crippen molar-refractivity contribution in [2.45, 2.75) is 65.3 Å². The number of rotatable bonds is 4. The maximum Gasteiger partial charge on any atom is 0.331 e. The summed E-state index contributed by atoms with van der Waals surface area (Å²) in [5, 5.41) is 10.3. The van der Waals surface area contributed by atoms with E-state index in [1.807, 2.05) is 6.92 Å². The van der Waals surface area contributed by atoms with Gasteiger partial charge in [-0.25, -0.2) is 4.79 Å². The van der Waals surface area contributed by atoms with Crippen molar-refractivity contribution >= 4 is 0 Å². The van der Waals surface area contributed by atoms with Crippen LogP contribution in [0.1, 0.15) is 57.9 Å². The second-order valence-electron chi connectivity index (χ2n) is 6.27. The van der Waals surface area contributed by atoms with E-state index in [0.717, 1.165) is 32.1 Å². The molecule has 1 aliphatic rings. The fourth-order valence-electron chi connectivity index (χ4n) is 3.17. The zero-order chi connectivity index (χ0) is 14.8. The smallest absolute Gasteiger partial charge is 0.331 e. The van der Waals surface area contributed by atoms with Crippen molar-refractivity contribution in [1.82, 2.24) is 9.55 Å². The Balaban J connectivity index is 2.38. The van der Waals surface area contributed by atoms with Crippen LogP contribution in [-0.2, 0) is 13.0 Å². The first-order valence-corrected chi connectivity index (χ1v) is 7.52. The molecule has 1 aromatic rings. The molecule has 112 valence electrons. The molecule has 1 aliphatic carbocycles. The molecule has 5 nitrogen and oxygen atoms in total. The Morgan fingerprint density at radius 1 is 1.25 bits per heavy atom. The molecule has 0 saturated heterocycles. The summed E-state index contributed by atoms with van der Waals surface area (Å²) >= 11 is 0. The third-order valence-corrected chi connectivity index (χ3v) is 4.37. The molecular formula is C15H24N2O3. The monoisotopic (exact) mass is 280 g/mol. The number of aromatic amines is 1. The molecule has 0 atom stereocenters. The average molecular weight is 280 g/mol. The summed E-state index contributed by atoms with van der Waals surface area (Å²) < 4.78 is 1.34. The third kappa shape index (κ3) is 2.97. The van der Waals surface area contributed by atoms with E-state index in [-0.39, 0.29) is 11.3 Å². The lowest BCUT2D eigenvalue weighted by Crippen LogP contribution is -2.37. The molecule has 5 heteroatoms. The zero-order valence-electron chi connectivity index (χ0n) is 12.4. The fraction of sp³-hybridized carbons (Fsp3) is 0.733. The molecule has 1 aromatic heterocycles. The molecule has 1 heterocycles. The second kappa shape index (κ2) is 5.85. The molecule has 0 unspecified atom stereocenters. The van der Waals surface area contributed by atoms with E-state index in [9.17, 15) is 14.7 Å². The molecule has 0 radical (unpaired) electrons. The van der Waals surface area contributed by atoms with Crippen molar-refractivity contribution < 1.29 is 5.11 Å². The largest absolute Gasteiger partial charge is 0.494 e. The van der Waals surface area contributed by atoms with E-state index < -0.39 is 11.2 Å². The van der Waals surface area contributed by atoms with Gasteiger partial charge in [0.25, 0.3) is 5.56 Å². The van der Waals surface area contributed by atoms with Gasteiger partial charge in [-0.1, -0.05) is 39.5 Å². The van der Waals surface area contributed by atoms with Gasteiger partial charge in [0.15, 0.2) is 0 Å². The van der Waals surface area contributed by atoms with Gasteiger partial charge in [0.2, 0.25) is 5.88 Å². The maximum absolute atomic E-state index is 12.0. The molecule has 0 bridgehead atoms. The van der Waals surface area contributed by atoms with Gasteiger partial charge in [0, 0.05) is 6.54 Å². The summed E-state index contributed by atoms with van der Waals surface area (Å²) in [7, 11) is 0. The summed E-state index contributed by atoms with van der Waals surface area (Å²) in [5.74, 6) is -0.146. The minimum atomic E-state index is -0.501. The van der Waals surface area contributed by atoms with E-state index in [1.54, 1.807) is 0 Å². The number of aromatic hydroxyl groups is 1. The Morgan fingerprint density at radius 3 is 2.50 bits per heavy atom. The van der Waals surface area contributed by atoms with Crippen LogP contribution in [-0.4, -0.2) is 14.7 Å². The van der Waals surface area contributed by atoms with Crippen LogP contribution in [0.2, 0.25) is 0 Å². The van der Waals surface area contributed by atoms with Crippen LogP contribution in [0.15, 0.2) is 9.59 Å². The van der Waals surface area contributed by atoms with E-state index in [4.69, 9.17) is 0 Å². The van der Waals surface area contributed by atoms with Crippen molar-refractivity contribution in [3.05, 3.63) is 26.4 Å². The molecule has 0 aromatic carbocycles. The lowest BCUT2D eigenvalue weighted by Gasteiger charge is -2.34. The summed E-state index contributed by atoms with van der Waals surface area (Å²) in [6.45, 7) is 4.57. The van der Waals surface area contributed by atoms with Gasteiger partial charge in [-0.3, -0.25) is 14.3 Å². The SMILES string of the molecule is CCCc1c(O)n(CC2(C)CCCCC2)c(=O)[nH]c1=O. The summed E-state index contributed by atoms with van der Waals surface area (Å²) in [6.07, 6.45) is 6.92. The lowest BCUT2D eigenvalue weighted by atomic mass is 9.75. The van der Waals surface area contributed by atoms with Gasteiger partial charge >= 0.3 is 5.69 Å². The number of hydrogen-bond donors (Lipinski definition) is 2. The molecule has 0 amide bonds. The molecule has 2 rings (SSSR count). The van der Waals surface area contributed by atoms with E-state index >= 15 is 0 Å². The van der Waals surface area contributed by atoms with Gasteiger partial charge < -0.3 is 5.11 Å². The summed E-state index contributed by atoms with van der Waals surface area (Å²) in [6, 6.07) is 0. The molecular weight excluding hydrogens is 256 g/mol. The zero-order valence-corrected chi connectivity index (χ0v) is 12.4. The van der Waals surface area contributed by atoms with E-state index in [0.29, 0.717) is 18.5 Å². The molecule has 2 N–H and O–H groups in total. The maximum atomic E-state index is 12.0. The number of nitrogens with zero attached hydrogens (tertiary/aromatic N) is 1. The van der Waals surface area contributed by atoms with Crippen molar-refractivity contribution in [2.75, 3.05) is 0 Å². The van der Waals surface area contributed by atoms with E-state index in [1.165, 1.54) is 11.0 Å². The molecule has 0 spiro atoms. The summed E-state index contributed by atoms with van der Waals surface area (Å²) in [4.78, 5) is 26.1. The lowest BCUT2D eigenvalue weighted by molar-refractivity contribution is 0.172. The van der Waals surface area contributed by atoms with Gasteiger partial charge in [-0.15, -0.1) is 0 Å². The topological polar surface area (TPSA) is 75.1 Å². The highest BCUT2D eigenvalue weighted by Gasteiger charge is 2.29. The number of aromatic nitrogens is 2. The molecule has 0 aliphatic heterocycles. The number of H-pyrrole nitrogens is 1. The van der Waals surface area contributed by atoms with Crippen LogP contribution >= 0.6 is 0 Å². The van der Waals surface area contributed by atoms with Crippen LogP contribution in [0.3, 0.4) is 0 Å². The molecule has 1 fully saturated rings. The van der Waals surface area contributed by atoms with Crippen molar-refractivity contribution in [1.29, 1.82) is 0 Å². The second-order valence-corrected chi connectivity index (χ2v) is 6.27. The predicted molar refractivity (Wildman–Crippen MR) is 78.2 cm³/mol. The van der Waals surface area contributed by atoms with Crippen molar-refractivity contribution in [3.63, 3.8) is 0 Å². The van der Waals surface area contributed by atoms with E-state index in [2.05, 4.69) is 11.9 Å². The first-order chi connectivity index (χ1) is 9.47. The normalized spacial score (nSPS) is 18.1. The standard InChI is InChI=1S/C15H24N2O3/c1-3-7-11-12(18)16-14(20)17(13(11)19)10-15(2)8-5-4-6-9-15/h19H,3-10H2,1-2H3,(H,16,18,20). The van der Waals surface area contributed by atoms with Gasteiger partial charge in [-0.2, -0.15) is 0 Å². The Bertz CT molecular complexity index is 580. The first-order valence-electron chi connectivity index (χ1n) is 7.52. The van der Waals surface area contributed by atoms with Gasteiger partial charge in [0.05, 0.1) is 5.56 Å². The predicted octanol–water partition coefficient (Wildman–Crippen LogP) is 2.17. The summed E-state index contributed by atoms with van der Waals surface area (Å²) in [5.41, 5.74) is -0.605. The number of hydrogen-bond acceptors (Lipinski definition) is 3. The Hall–Kier alpha value is -1.52. The quantitative estimate of drug-likeness (QED) is 0.887. The number of nitrogens with one attached hydrogen (secondary N) is 1. The van der Waals surface area contributed by atoms with Crippen LogP contribution in [0.25, 0.3) is 0 Å². The minimum absolute atomic E-state index is 0.0290. The average Bonchev–Trinajstić information content (AvgIpc) is 2.40. The fourth-order valence-corrected chi connectivity index (χ4v) is 3.17. The van der Waals surface area contributed by atoms with Crippen molar-refractivity contribution in [3.8, 4) is 5.88 Å². The van der Waals surface area contributed by atoms with Crippen molar-refractivity contribution in [2.24, 2.45) is 5.41 Å². The van der Waals surface area contributed by atoms with Gasteiger partial charge in [0.1, 0.15) is 0 Å². The molecule has 1 saturated carbocycles. The van der Waals surface area contributed by atoms with Crippen LogP contribution in [0.5, 0.6) is 5.88 Å². The van der Waals surface area contributed by atoms with Crippen LogP contribution < -0.4 is 11.2 Å². The molecule has 20 heavy (non-hydrogen) atoms. The highest BCUT2D eigenvalue weighted by molar-refractivity contribution is 5.22. The highest BCUT2D eigenvalue weighted by atomic mass is 16.3. The Labute approximate surface area is 118 Å². The Morgan fingerprint density at radius 2 is 1.90 bits per heavy atom. The third-order valence-electron chi connectivity index (χ3n) is 4.37. The van der Waals surface area contributed by atoms with Crippen LogP contribution in [0.4, 0.5) is 0 Å². The van der Waals surface area contributed by atoms with Crippen LogP contribution in [0, 0.1) is 5.41 Å². The van der Waals surface area contributed by atoms with Gasteiger partial charge in [-0.05, 0) is 24.7 Å². The Kier molecular flexibility index (Phi) is 4.35. The highest BCUT2D eigenvalue weighted by Crippen LogP contribution is 2.37.